The van der Waals surface area contributed by atoms with Crippen LogP contribution < -0.4 is 37.6 Å². The minimum Gasteiger partial charge on any atom is -0.481 e. The number of aliphatic carboxylic acids is 1. The summed E-state index contributed by atoms with van der Waals surface area (Å²) in [6.45, 7) is 1.89. The fraction of sp³-hybridized carbons (Fsp3) is 0.471. The van der Waals surface area contributed by atoms with Gasteiger partial charge in [-0.15, -0.1) is 0 Å². The SMILES string of the molecule is CC(C)C(NC(=O)[C@H](CO)NC(=O)C(CC(N)=O)NC(=O)[C@H](Cc1ccc2ccccc2c1)NC(=O)CCC(=O)O)C(=O)NCC(=O)NCCCO. The van der Waals surface area contributed by atoms with E-state index in [0.717, 1.165) is 10.8 Å². The molecule has 0 aromatic heterocycles. The maximum Gasteiger partial charge on any atom is 0.303 e. The van der Waals surface area contributed by atoms with Crippen molar-refractivity contribution in [1.82, 2.24) is 31.9 Å². The molecule has 0 aliphatic carbocycles. The molecule has 7 amide bonds. The number of amides is 7. The normalized spacial score (nSPS) is 13.2. The van der Waals surface area contributed by atoms with Gasteiger partial charge >= 0.3 is 5.97 Å². The summed E-state index contributed by atoms with van der Waals surface area (Å²) in [6.07, 6.45) is -1.47. The number of primary amides is 1. The van der Waals surface area contributed by atoms with E-state index in [0.29, 0.717) is 12.0 Å². The largest absolute Gasteiger partial charge is 0.481 e. The molecule has 18 nitrogen and oxygen atoms in total. The highest BCUT2D eigenvalue weighted by molar-refractivity contribution is 5.98. The Labute approximate surface area is 299 Å². The van der Waals surface area contributed by atoms with Gasteiger partial charge in [0, 0.05) is 26.0 Å². The van der Waals surface area contributed by atoms with E-state index in [1.165, 1.54) is 0 Å². The van der Waals surface area contributed by atoms with Gasteiger partial charge in [0.05, 0.1) is 26.0 Å². The Morgan fingerprint density at radius 1 is 0.712 bits per heavy atom. The third kappa shape index (κ3) is 14.7. The van der Waals surface area contributed by atoms with E-state index in [9.17, 15) is 43.5 Å². The number of carboxylic acid groups (broad SMARTS) is 1. The Morgan fingerprint density at radius 3 is 1.96 bits per heavy atom. The number of carbonyl (C=O) groups is 8. The summed E-state index contributed by atoms with van der Waals surface area (Å²) in [4.78, 5) is 100. The highest BCUT2D eigenvalue weighted by atomic mass is 16.4. The van der Waals surface area contributed by atoms with Crippen molar-refractivity contribution in [1.29, 1.82) is 0 Å². The van der Waals surface area contributed by atoms with Crippen molar-refractivity contribution in [2.45, 2.75) is 70.1 Å². The van der Waals surface area contributed by atoms with Gasteiger partial charge in [0.25, 0.3) is 0 Å². The molecule has 2 unspecified atom stereocenters. The summed E-state index contributed by atoms with van der Waals surface area (Å²) >= 11 is 0. The van der Waals surface area contributed by atoms with Gasteiger partial charge < -0.3 is 53.0 Å². The van der Waals surface area contributed by atoms with Crippen LogP contribution in [0.1, 0.15) is 45.1 Å². The number of nitrogens with two attached hydrogens (primary N) is 1. The van der Waals surface area contributed by atoms with E-state index in [1.807, 2.05) is 24.3 Å². The van der Waals surface area contributed by atoms with Crippen molar-refractivity contribution in [2.24, 2.45) is 11.7 Å². The Bertz CT molecular complexity index is 1600. The number of nitrogens with one attached hydrogen (secondary N) is 6. The Hall–Kier alpha value is -5.62. The molecule has 0 radical (unpaired) electrons. The molecular formula is C34H47N7O11. The monoisotopic (exact) mass is 729 g/mol. The van der Waals surface area contributed by atoms with Crippen LogP contribution in [0.4, 0.5) is 0 Å². The number of hydrogen-bond donors (Lipinski definition) is 10. The van der Waals surface area contributed by atoms with Gasteiger partial charge in [-0.3, -0.25) is 38.4 Å². The molecule has 2 aromatic carbocycles. The summed E-state index contributed by atoms with van der Waals surface area (Å²) in [6, 6.07) is 6.81. The summed E-state index contributed by atoms with van der Waals surface area (Å²) in [7, 11) is 0. The molecule has 4 atom stereocenters. The second-order valence-electron chi connectivity index (χ2n) is 12.3. The summed E-state index contributed by atoms with van der Waals surface area (Å²) in [5.41, 5.74) is 5.95. The van der Waals surface area contributed by atoms with Gasteiger partial charge in [0.15, 0.2) is 0 Å². The molecule has 0 saturated heterocycles. The first-order valence-electron chi connectivity index (χ1n) is 16.6. The number of aliphatic hydroxyl groups is 2. The highest BCUT2D eigenvalue weighted by Crippen LogP contribution is 2.17. The van der Waals surface area contributed by atoms with Crippen molar-refractivity contribution in [2.75, 3.05) is 26.3 Å². The zero-order chi connectivity index (χ0) is 38.8. The van der Waals surface area contributed by atoms with E-state index in [4.69, 9.17) is 15.9 Å². The van der Waals surface area contributed by atoms with E-state index in [2.05, 4.69) is 31.9 Å². The molecule has 2 rings (SSSR count). The van der Waals surface area contributed by atoms with Gasteiger partial charge in [0.2, 0.25) is 41.4 Å². The van der Waals surface area contributed by atoms with E-state index >= 15 is 0 Å². The number of carboxylic acids is 1. The summed E-state index contributed by atoms with van der Waals surface area (Å²) in [5, 5.41) is 43.9. The predicted octanol–water partition coefficient (Wildman–Crippen LogP) is -2.68. The molecule has 52 heavy (non-hydrogen) atoms. The van der Waals surface area contributed by atoms with Crippen molar-refractivity contribution >= 4 is 58.1 Å². The number of hydrogen-bond acceptors (Lipinski definition) is 10. The Kier molecular flexibility index (Phi) is 17.6. The number of aliphatic hydroxyl groups excluding tert-OH is 2. The van der Waals surface area contributed by atoms with Gasteiger partial charge in [-0.1, -0.05) is 56.3 Å². The van der Waals surface area contributed by atoms with Crippen LogP contribution in [-0.4, -0.2) is 113 Å². The lowest BCUT2D eigenvalue weighted by Crippen LogP contribution is -2.60. The second kappa shape index (κ2) is 21.6. The molecule has 0 saturated carbocycles. The van der Waals surface area contributed by atoms with Crippen LogP contribution >= 0.6 is 0 Å². The number of rotatable bonds is 22. The zero-order valence-corrected chi connectivity index (χ0v) is 29.0. The van der Waals surface area contributed by atoms with Crippen molar-refractivity contribution < 1.29 is 53.7 Å². The van der Waals surface area contributed by atoms with E-state index < -0.39 is 110 Å². The number of carbonyl (C=O) groups excluding carboxylic acids is 7. The Balaban J connectivity index is 2.20. The van der Waals surface area contributed by atoms with Crippen LogP contribution in [0.25, 0.3) is 10.8 Å². The third-order valence-corrected chi connectivity index (χ3v) is 7.65. The average molecular weight is 730 g/mol. The van der Waals surface area contributed by atoms with Crippen LogP contribution in [0.2, 0.25) is 0 Å². The van der Waals surface area contributed by atoms with Gasteiger partial charge in [-0.05, 0) is 28.7 Å². The summed E-state index contributed by atoms with van der Waals surface area (Å²) in [5.74, 6) is -7.81. The lowest BCUT2D eigenvalue weighted by Gasteiger charge is -2.26. The molecular weight excluding hydrogens is 682 g/mol. The highest BCUT2D eigenvalue weighted by Gasteiger charge is 2.33. The molecule has 0 heterocycles. The number of benzene rings is 2. The third-order valence-electron chi connectivity index (χ3n) is 7.65. The molecule has 0 spiro atoms. The van der Waals surface area contributed by atoms with Gasteiger partial charge in [0.1, 0.15) is 24.2 Å². The second-order valence-corrected chi connectivity index (χ2v) is 12.3. The molecule has 0 fully saturated rings. The predicted molar refractivity (Wildman–Crippen MR) is 186 cm³/mol. The molecule has 0 bridgehead atoms. The fourth-order valence-electron chi connectivity index (χ4n) is 4.88. The molecule has 284 valence electrons. The van der Waals surface area contributed by atoms with E-state index in [1.54, 1.807) is 32.0 Å². The van der Waals surface area contributed by atoms with Crippen molar-refractivity contribution in [3.8, 4) is 0 Å². The standard InChI is InChI=1S/C34H47N7O11/c1-19(2)30(34(52)37-17-28(46)36-12-5-13-42)41-33(51)25(18-43)40-32(50)24(16-26(35)44)39-31(49)23(38-27(45)10-11-29(47)48)15-20-8-9-21-6-3-4-7-22(21)14-20/h3-4,6-9,14,19,23-25,30,42-43H,5,10-13,15-18H2,1-2H3,(H2,35,44)(H,36,46)(H,37,52)(H,38,45)(H,39,49)(H,40,50)(H,41,51)(H,47,48)/t23-,24?,25-,30?/m0/s1. The van der Waals surface area contributed by atoms with E-state index in [-0.39, 0.29) is 19.6 Å². The number of fused-ring (bicyclic) bond motifs is 1. The fourth-order valence-corrected chi connectivity index (χ4v) is 4.88. The molecule has 11 N–H and O–H groups in total. The first-order valence-corrected chi connectivity index (χ1v) is 16.6. The molecule has 2 aromatic rings. The summed E-state index contributed by atoms with van der Waals surface area (Å²) < 4.78 is 0. The van der Waals surface area contributed by atoms with Crippen LogP contribution in [0, 0.1) is 5.92 Å². The van der Waals surface area contributed by atoms with Gasteiger partial charge in [-0.25, -0.2) is 0 Å². The minimum atomic E-state index is -1.68. The molecule has 0 aliphatic heterocycles. The smallest absolute Gasteiger partial charge is 0.303 e. The first kappa shape index (κ1) is 42.5. The van der Waals surface area contributed by atoms with Crippen LogP contribution in [-0.2, 0) is 44.8 Å². The van der Waals surface area contributed by atoms with Gasteiger partial charge in [-0.2, -0.15) is 0 Å². The average Bonchev–Trinajstić information content (AvgIpc) is 3.09. The van der Waals surface area contributed by atoms with Crippen molar-refractivity contribution in [3.63, 3.8) is 0 Å². The first-order chi connectivity index (χ1) is 24.6. The molecule has 18 heteroatoms. The lowest BCUT2D eigenvalue weighted by molar-refractivity contribution is -0.139. The molecule has 0 aliphatic rings. The topological polar surface area (TPSA) is 295 Å². The van der Waals surface area contributed by atoms with Crippen LogP contribution in [0.15, 0.2) is 42.5 Å². The maximum atomic E-state index is 13.6. The maximum absolute atomic E-state index is 13.6. The van der Waals surface area contributed by atoms with Crippen LogP contribution in [0.5, 0.6) is 0 Å². The minimum absolute atomic E-state index is 0.0922. The zero-order valence-electron chi connectivity index (χ0n) is 29.0. The lowest BCUT2D eigenvalue weighted by atomic mass is 10.0. The van der Waals surface area contributed by atoms with Crippen LogP contribution in [0.3, 0.4) is 0 Å². The quantitative estimate of drug-likeness (QED) is 0.0558. The Morgan fingerprint density at radius 2 is 1.35 bits per heavy atom. The van der Waals surface area contributed by atoms with Crippen molar-refractivity contribution in [3.05, 3.63) is 48.0 Å².